The topological polar surface area (TPSA) is 43.1 Å². The van der Waals surface area contributed by atoms with Gasteiger partial charge in [-0.2, -0.15) is 25.3 Å². The number of nitrogens with two attached hydrogens (primary N) is 1. The van der Waals surface area contributed by atoms with E-state index in [9.17, 15) is 4.79 Å². The first-order valence-corrected chi connectivity index (χ1v) is 5.74. The molecule has 4 heteroatoms. The van der Waals surface area contributed by atoms with Crippen LogP contribution < -0.4 is 5.73 Å². The maximum absolute atomic E-state index is 10.4. The molecule has 0 saturated carbocycles. The minimum atomic E-state index is -0.242. The van der Waals surface area contributed by atoms with Gasteiger partial charge in [-0.05, 0) is 18.9 Å². The van der Waals surface area contributed by atoms with E-state index in [1.165, 1.54) is 0 Å². The number of carbonyl (C=O) groups excluding carboxylic acids is 1. The normalized spacial score (nSPS) is 9.33. The number of rotatable bonds is 3. The fraction of sp³-hybridized carbons (Fsp3) is 0.364. The molecular formula is C11H17NOS2. The van der Waals surface area contributed by atoms with Crippen molar-refractivity contribution in [2.24, 2.45) is 5.73 Å². The van der Waals surface area contributed by atoms with Crippen LogP contribution in [0.25, 0.3) is 0 Å². The zero-order valence-corrected chi connectivity index (χ0v) is 10.5. The van der Waals surface area contributed by atoms with Crippen LogP contribution in [0.15, 0.2) is 30.3 Å². The second kappa shape index (κ2) is 8.68. The molecule has 15 heavy (non-hydrogen) atoms. The Kier molecular flexibility index (Phi) is 8.33. The highest BCUT2D eigenvalue weighted by Gasteiger charge is 1.94. The summed E-state index contributed by atoms with van der Waals surface area (Å²) in [5.41, 5.74) is 6.16. The van der Waals surface area contributed by atoms with Gasteiger partial charge in [0.25, 0.3) is 0 Å². The molecular weight excluding hydrogens is 226 g/mol. The fourth-order valence-electron chi connectivity index (χ4n) is 0.912. The molecule has 2 N–H and O–H groups in total. The zero-order valence-electron chi connectivity index (χ0n) is 8.76. The van der Waals surface area contributed by atoms with E-state index < -0.39 is 0 Å². The van der Waals surface area contributed by atoms with Crippen LogP contribution in [0.1, 0.15) is 18.9 Å². The summed E-state index contributed by atoms with van der Waals surface area (Å²) in [7, 11) is 0. The first-order valence-electron chi connectivity index (χ1n) is 4.70. The Morgan fingerprint density at radius 3 is 2.20 bits per heavy atom. The summed E-state index contributed by atoms with van der Waals surface area (Å²) in [6.07, 6.45) is 1.18. The van der Waals surface area contributed by atoms with E-state index in [0.717, 1.165) is 12.0 Å². The van der Waals surface area contributed by atoms with Gasteiger partial charge in [-0.25, -0.2) is 0 Å². The molecule has 84 valence electrons. The van der Waals surface area contributed by atoms with Crippen LogP contribution >= 0.6 is 25.3 Å². The van der Waals surface area contributed by atoms with Crippen molar-refractivity contribution in [3.05, 3.63) is 35.9 Å². The number of carbonyl (C=O) groups is 1. The molecule has 0 aliphatic rings. The minimum absolute atomic E-state index is 0.222. The van der Waals surface area contributed by atoms with Gasteiger partial charge in [0.15, 0.2) is 0 Å². The van der Waals surface area contributed by atoms with Crippen molar-refractivity contribution in [2.75, 3.05) is 0 Å². The van der Waals surface area contributed by atoms with Gasteiger partial charge in [0, 0.05) is 11.0 Å². The Morgan fingerprint density at radius 2 is 1.80 bits per heavy atom. The third kappa shape index (κ3) is 11.3. The summed E-state index contributed by atoms with van der Waals surface area (Å²) < 4.78 is 0.222. The molecule has 1 aromatic carbocycles. The number of thiol groups is 2. The lowest BCUT2D eigenvalue weighted by molar-refractivity contribution is -0.117. The largest absolute Gasteiger partial charge is 0.370 e. The Labute approximate surface area is 102 Å². The van der Waals surface area contributed by atoms with Crippen LogP contribution in [0, 0.1) is 0 Å². The highest BCUT2D eigenvalue weighted by atomic mass is 32.2. The highest BCUT2D eigenvalue weighted by molar-refractivity contribution is 7.99. The summed E-state index contributed by atoms with van der Waals surface area (Å²) >= 11 is 7.66. The molecule has 1 rings (SSSR count). The first-order chi connectivity index (χ1) is 7.02. The number of primary amides is 1. The van der Waals surface area contributed by atoms with Crippen LogP contribution in [-0.4, -0.2) is 10.5 Å². The lowest BCUT2D eigenvalue weighted by Gasteiger charge is -1.96. The van der Waals surface area contributed by atoms with Gasteiger partial charge < -0.3 is 5.73 Å². The molecule has 0 unspecified atom stereocenters. The number of hydrogen-bond donors (Lipinski definition) is 3. The minimum Gasteiger partial charge on any atom is -0.370 e. The molecule has 1 aromatic rings. The third-order valence-corrected chi connectivity index (χ3v) is 1.50. The lowest BCUT2D eigenvalue weighted by Crippen LogP contribution is -2.10. The van der Waals surface area contributed by atoms with Crippen molar-refractivity contribution in [3.63, 3.8) is 0 Å². The van der Waals surface area contributed by atoms with E-state index in [1.807, 2.05) is 37.3 Å². The van der Waals surface area contributed by atoms with E-state index in [-0.39, 0.29) is 10.5 Å². The molecule has 0 fully saturated rings. The molecule has 0 saturated heterocycles. The first kappa shape index (κ1) is 14.4. The van der Waals surface area contributed by atoms with Gasteiger partial charge >= 0.3 is 0 Å². The van der Waals surface area contributed by atoms with Crippen molar-refractivity contribution >= 4 is 31.2 Å². The monoisotopic (exact) mass is 243 g/mol. The second-order valence-electron chi connectivity index (χ2n) is 3.08. The quantitative estimate of drug-likeness (QED) is 0.553. The summed E-state index contributed by atoms with van der Waals surface area (Å²) in [5.74, 6) is -0.242. The molecule has 0 aliphatic heterocycles. The van der Waals surface area contributed by atoms with Crippen molar-refractivity contribution in [1.82, 2.24) is 0 Å². The van der Waals surface area contributed by atoms with E-state index in [4.69, 9.17) is 5.73 Å². The molecule has 0 bridgehead atoms. The Bertz CT molecular complexity index is 272. The highest BCUT2D eigenvalue weighted by Crippen LogP contribution is 2.01. The summed E-state index contributed by atoms with van der Waals surface area (Å²) in [5, 5.41) is 0. The predicted octanol–water partition coefficient (Wildman–Crippen LogP) is 2.30. The van der Waals surface area contributed by atoms with Gasteiger partial charge in [0.1, 0.15) is 0 Å². The number of amides is 1. The number of aryl methyl sites for hydroxylation is 1. The summed E-state index contributed by atoms with van der Waals surface area (Å²) in [6, 6.07) is 9.84. The molecule has 0 atom stereocenters. The SMILES string of the molecule is CC(S)S.NC(=O)CCc1ccccc1. The van der Waals surface area contributed by atoms with Crippen molar-refractivity contribution in [2.45, 2.75) is 24.3 Å². The van der Waals surface area contributed by atoms with Gasteiger partial charge in [0.05, 0.1) is 0 Å². The van der Waals surface area contributed by atoms with E-state index in [1.54, 1.807) is 0 Å². The molecule has 0 spiro atoms. The van der Waals surface area contributed by atoms with Crippen LogP contribution in [0.2, 0.25) is 0 Å². The Balaban J connectivity index is 0.000000423. The molecule has 1 amide bonds. The van der Waals surface area contributed by atoms with Crippen LogP contribution in [0.4, 0.5) is 0 Å². The summed E-state index contributed by atoms with van der Waals surface area (Å²) in [4.78, 5) is 10.4. The molecule has 0 aliphatic carbocycles. The maximum atomic E-state index is 10.4. The summed E-state index contributed by atoms with van der Waals surface area (Å²) in [6.45, 7) is 1.90. The Hall–Kier alpha value is -0.610. The van der Waals surface area contributed by atoms with Gasteiger partial charge in [-0.15, -0.1) is 0 Å². The average Bonchev–Trinajstić information content (AvgIpc) is 2.15. The molecule has 0 aromatic heterocycles. The van der Waals surface area contributed by atoms with Crippen molar-refractivity contribution in [1.29, 1.82) is 0 Å². The van der Waals surface area contributed by atoms with Crippen LogP contribution in [0.5, 0.6) is 0 Å². The van der Waals surface area contributed by atoms with Crippen molar-refractivity contribution in [3.8, 4) is 0 Å². The average molecular weight is 243 g/mol. The number of hydrogen-bond acceptors (Lipinski definition) is 3. The lowest BCUT2D eigenvalue weighted by atomic mass is 10.1. The van der Waals surface area contributed by atoms with Crippen LogP contribution in [-0.2, 0) is 11.2 Å². The third-order valence-electron chi connectivity index (χ3n) is 1.50. The molecule has 0 heterocycles. The molecule has 0 radical (unpaired) electrons. The van der Waals surface area contributed by atoms with Gasteiger partial charge in [-0.1, -0.05) is 30.3 Å². The molecule has 2 nitrogen and oxygen atoms in total. The number of benzene rings is 1. The van der Waals surface area contributed by atoms with Gasteiger partial charge in [-0.3, -0.25) is 4.79 Å². The second-order valence-corrected chi connectivity index (χ2v) is 5.04. The Morgan fingerprint density at radius 1 is 1.33 bits per heavy atom. The van der Waals surface area contributed by atoms with Crippen LogP contribution in [0.3, 0.4) is 0 Å². The van der Waals surface area contributed by atoms with E-state index >= 15 is 0 Å². The zero-order chi connectivity index (χ0) is 11.7. The fourth-order valence-corrected chi connectivity index (χ4v) is 0.912. The smallest absolute Gasteiger partial charge is 0.217 e. The maximum Gasteiger partial charge on any atom is 0.217 e. The van der Waals surface area contributed by atoms with Crippen molar-refractivity contribution < 1.29 is 4.79 Å². The van der Waals surface area contributed by atoms with E-state index in [0.29, 0.717) is 6.42 Å². The van der Waals surface area contributed by atoms with Gasteiger partial charge in [0.2, 0.25) is 5.91 Å². The standard InChI is InChI=1S/C9H11NO.C2H6S2/c10-9(11)7-6-8-4-2-1-3-5-8;1-2(3)4/h1-5H,6-7H2,(H2,10,11);2-4H,1H3. The van der Waals surface area contributed by atoms with E-state index in [2.05, 4.69) is 25.3 Å². The predicted molar refractivity (Wildman–Crippen MR) is 71.4 cm³/mol.